The lowest BCUT2D eigenvalue weighted by atomic mass is 10.1. The van der Waals surface area contributed by atoms with Gasteiger partial charge in [0.25, 0.3) is 11.6 Å². The van der Waals surface area contributed by atoms with Crippen molar-refractivity contribution in [2.45, 2.75) is 6.04 Å². The number of thiol groups is 1. The standard InChI is InChI=1S/C22H19ClN4O5S/c1-32-19-11-10-17(27(30)31)13-18(19)25-22(29)26(33)20(14-6-3-2-4-7-14)21(28)24-16-9-5-8-15(23)12-16/h2-13,20,33H,1H3,(H,24,28)(H,25,29). The number of benzene rings is 3. The van der Waals surface area contributed by atoms with Crippen molar-refractivity contribution in [3.63, 3.8) is 0 Å². The van der Waals surface area contributed by atoms with Gasteiger partial charge in [-0.1, -0.05) is 60.8 Å². The Morgan fingerprint density at radius 1 is 1.06 bits per heavy atom. The fourth-order valence-electron chi connectivity index (χ4n) is 3.01. The van der Waals surface area contributed by atoms with Gasteiger partial charge in [0.2, 0.25) is 0 Å². The molecule has 0 saturated heterocycles. The van der Waals surface area contributed by atoms with Crippen LogP contribution < -0.4 is 15.4 Å². The minimum absolute atomic E-state index is 0.0535. The highest BCUT2D eigenvalue weighted by Crippen LogP contribution is 2.31. The van der Waals surface area contributed by atoms with E-state index in [-0.39, 0.29) is 17.1 Å². The topological polar surface area (TPSA) is 114 Å². The maximum absolute atomic E-state index is 13.2. The van der Waals surface area contributed by atoms with Crippen LogP contribution in [0.1, 0.15) is 11.6 Å². The number of anilines is 2. The molecule has 1 unspecified atom stereocenters. The molecule has 9 nitrogen and oxygen atoms in total. The number of methoxy groups -OCH3 is 1. The number of amides is 3. The Hall–Kier alpha value is -3.76. The fraction of sp³-hybridized carbons (Fsp3) is 0.0909. The van der Waals surface area contributed by atoms with Gasteiger partial charge in [-0.2, -0.15) is 0 Å². The van der Waals surface area contributed by atoms with Gasteiger partial charge in [-0.05, 0) is 29.8 Å². The average Bonchev–Trinajstić information content (AvgIpc) is 2.79. The first-order chi connectivity index (χ1) is 15.8. The Labute approximate surface area is 200 Å². The van der Waals surface area contributed by atoms with Gasteiger partial charge in [0.1, 0.15) is 11.8 Å². The number of nitro benzene ring substituents is 1. The summed E-state index contributed by atoms with van der Waals surface area (Å²) < 4.78 is 6.07. The lowest BCUT2D eigenvalue weighted by molar-refractivity contribution is -0.384. The zero-order valence-electron chi connectivity index (χ0n) is 17.3. The molecule has 3 aromatic carbocycles. The minimum Gasteiger partial charge on any atom is -0.495 e. The van der Waals surface area contributed by atoms with Crippen LogP contribution in [0.5, 0.6) is 5.75 Å². The number of nitrogens with zero attached hydrogens (tertiary/aromatic N) is 2. The van der Waals surface area contributed by atoms with Crippen LogP contribution in [0, 0.1) is 10.1 Å². The summed E-state index contributed by atoms with van der Waals surface area (Å²) in [5, 5.41) is 16.8. The molecular formula is C22H19ClN4O5S. The zero-order valence-corrected chi connectivity index (χ0v) is 18.9. The van der Waals surface area contributed by atoms with E-state index in [2.05, 4.69) is 23.4 Å². The van der Waals surface area contributed by atoms with E-state index in [1.165, 1.54) is 19.2 Å². The van der Waals surface area contributed by atoms with Gasteiger partial charge in [-0.25, -0.2) is 4.79 Å². The molecule has 3 amide bonds. The Bertz CT molecular complexity index is 1180. The highest BCUT2D eigenvalue weighted by molar-refractivity contribution is 7.78. The van der Waals surface area contributed by atoms with Crippen LogP contribution in [0.4, 0.5) is 21.9 Å². The van der Waals surface area contributed by atoms with Crippen molar-refractivity contribution >= 4 is 53.4 Å². The van der Waals surface area contributed by atoms with Gasteiger partial charge in [0, 0.05) is 22.8 Å². The second kappa shape index (κ2) is 10.7. The number of hydrogen-bond acceptors (Lipinski definition) is 6. The van der Waals surface area contributed by atoms with Gasteiger partial charge in [0.05, 0.1) is 17.7 Å². The molecule has 0 spiro atoms. The Morgan fingerprint density at radius 2 is 1.79 bits per heavy atom. The molecule has 0 aliphatic carbocycles. The third kappa shape index (κ3) is 5.93. The summed E-state index contributed by atoms with van der Waals surface area (Å²) in [6, 6.07) is 16.9. The molecule has 1 atom stereocenters. The van der Waals surface area contributed by atoms with Crippen molar-refractivity contribution in [2.75, 3.05) is 17.7 Å². The number of urea groups is 1. The molecule has 11 heteroatoms. The van der Waals surface area contributed by atoms with Crippen LogP contribution in [0.2, 0.25) is 5.02 Å². The zero-order chi connectivity index (χ0) is 24.0. The molecule has 0 aromatic heterocycles. The molecule has 33 heavy (non-hydrogen) atoms. The second-order valence-electron chi connectivity index (χ2n) is 6.73. The maximum Gasteiger partial charge on any atom is 0.332 e. The number of hydrogen-bond donors (Lipinski definition) is 3. The molecule has 0 radical (unpaired) electrons. The number of nitrogens with one attached hydrogen (secondary N) is 2. The Kier molecular flexibility index (Phi) is 7.75. The van der Waals surface area contributed by atoms with Gasteiger partial charge in [0.15, 0.2) is 0 Å². The van der Waals surface area contributed by atoms with Crippen molar-refractivity contribution in [2.24, 2.45) is 0 Å². The van der Waals surface area contributed by atoms with Crippen LogP contribution in [-0.4, -0.2) is 28.3 Å². The first-order valence-electron chi connectivity index (χ1n) is 9.53. The van der Waals surface area contributed by atoms with Gasteiger partial charge < -0.3 is 15.4 Å². The van der Waals surface area contributed by atoms with Crippen LogP contribution in [0.15, 0.2) is 72.8 Å². The quantitative estimate of drug-likeness (QED) is 0.238. The van der Waals surface area contributed by atoms with Crippen molar-refractivity contribution < 1.29 is 19.2 Å². The van der Waals surface area contributed by atoms with E-state index in [4.69, 9.17) is 16.3 Å². The predicted molar refractivity (Wildman–Crippen MR) is 129 cm³/mol. The molecule has 2 N–H and O–H groups in total. The predicted octanol–water partition coefficient (Wildman–Crippen LogP) is 5.32. The average molecular weight is 487 g/mol. The van der Waals surface area contributed by atoms with E-state index >= 15 is 0 Å². The number of carbonyl (C=O) groups is 2. The third-order valence-electron chi connectivity index (χ3n) is 4.54. The normalized spacial score (nSPS) is 11.2. The minimum atomic E-state index is -1.14. The second-order valence-corrected chi connectivity index (χ2v) is 7.60. The SMILES string of the molecule is COc1ccc([N+](=O)[O-])cc1NC(=O)N(S)C(C(=O)Nc1cccc(Cl)c1)c1ccccc1. The third-order valence-corrected chi connectivity index (χ3v) is 5.19. The summed E-state index contributed by atoms with van der Waals surface area (Å²) in [4.78, 5) is 36.7. The largest absolute Gasteiger partial charge is 0.495 e. The van der Waals surface area contributed by atoms with E-state index in [9.17, 15) is 19.7 Å². The van der Waals surface area contributed by atoms with Crippen molar-refractivity contribution in [3.8, 4) is 5.75 Å². The van der Waals surface area contributed by atoms with Crippen LogP contribution >= 0.6 is 24.4 Å². The van der Waals surface area contributed by atoms with E-state index < -0.39 is 22.9 Å². The number of halogens is 1. The maximum atomic E-state index is 13.2. The van der Waals surface area contributed by atoms with Gasteiger partial charge >= 0.3 is 6.03 Å². The molecule has 170 valence electrons. The first-order valence-corrected chi connectivity index (χ1v) is 10.3. The Balaban J connectivity index is 1.89. The van der Waals surface area contributed by atoms with Crippen molar-refractivity contribution in [1.82, 2.24) is 4.31 Å². The van der Waals surface area contributed by atoms with E-state index in [0.717, 1.165) is 10.4 Å². The van der Waals surface area contributed by atoms with Crippen LogP contribution in [0.3, 0.4) is 0 Å². The number of non-ortho nitro benzene ring substituents is 1. The van der Waals surface area contributed by atoms with Gasteiger partial charge in [-0.3, -0.25) is 19.2 Å². The summed E-state index contributed by atoms with van der Waals surface area (Å²) in [5.74, 6) is -0.338. The van der Waals surface area contributed by atoms with E-state index in [1.807, 2.05) is 0 Å². The summed E-state index contributed by atoms with van der Waals surface area (Å²) in [6.45, 7) is 0. The van der Waals surface area contributed by atoms with Crippen molar-refractivity contribution in [3.05, 3.63) is 93.5 Å². The molecule has 0 fully saturated rings. The summed E-state index contributed by atoms with van der Waals surface area (Å²) in [5.41, 5.74) is 0.747. The monoisotopic (exact) mass is 486 g/mol. The lowest BCUT2D eigenvalue weighted by Gasteiger charge is -2.27. The number of carbonyl (C=O) groups excluding carboxylic acids is 2. The summed E-state index contributed by atoms with van der Waals surface area (Å²) in [6.07, 6.45) is 0. The first kappa shape index (κ1) is 23.9. The molecule has 0 heterocycles. The molecule has 3 rings (SSSR count). The van der Waals surface area contributed by atoms with Crippen LogP contribution in [0.25, 0.3) is 0 Å². The van der Waals surface area contributed by atoms with Crippen LogP contribution in [-0.2, 0) is 4.79 Å². The number of rotatable bonds is 7. The van der Waals surface area contributed by atoms with Gasteiger partial charge in [-0.15, -0.1) is 0 Å². The van der Waals surface area contributed by atoms with E-state index in [0.29, 0.717) is 16.3 Å². The Morgan fingerprint density at radius 3 is 2.42 bits per heavy atom. The lowest BCUT2D eigenvalue weighted by Crippen LogP contribution is -2.38. The molecule has 0 bridgehead atoms. The molecular weight excluding hydrogens is 468 g/mol. The summed E-state index contributed by atoms with van der Waals surface area (Å²) >= 11 is 10.3. The van der Waals surface area contributed by atoms with Crippen molar-refractivity contribution in [1.29, 1.82) is 0 Å². The molecule has 3 aromatic rings. The highest BCUT2D eigenvalue weighted by Gasteiger charge is 2.30. The molecule has 0 saturated carbocycles. The molecule has 0 aliphatic heterocycles. The fourth-order valence-corrected chi connectivity index (χ4v) is 3.49. The van der Waals surface area contributed by atoms with E-state index in [1.54, 1.807) is 54.6 Å². The molecule has 0 aliphatic rings. The number of ether oxygens (including phenoxy) is 1. The smallest absolute Gasteiger partial charge is 0.332 e. The number of nitro groups is 1. The summed E-state index contributed by atoms with van der Waals surface area (Å²) in [7, 11) is 1.36. The highest BCUT2D eigenvalue weighted by atomic mass is 35.5.